The number of H-pyrrole nitrogens is 1. The largest absolute Gasteiger partial charge is 0.508 e. The van der Waals surface area contributed by atoms with Crippen LogP contribution in [0.2, 0.25) is 0 Å². The van der Waals surface area contributed by atoms with Crippen molar-refractivity contribution in [1.29, 1.82) is 5.41 Å². The van der Waals surface area contributed by atoms with Gasteiger partial charge in [0.2, 0.25) is 41.4 Å². The molecule has 13 N–H and O–H groups in total. The first-order valence-electron chi connectivity index (χ1n) is 23.7. The van der Waals surface area contributed by atoms with Crippen LogP contribution in [0.4, 0.5) is 4.39 Å². The van der Waals surface area contributed by atoms with Gasteiger partial charge in [0.05, 0.1) is 24.7 Å². The standard InChI is InChI=1S/C46H72FN13O9S/c1-6-28(5)40(44(68)57-34(21-30-22-51-26-54-30)45(69)60-19-9-11-35(60)36(62)7-2)59-42(66)33(20-29-12-14-31(61)15-13-29)56-43(67)39(27(3)4)58-41(65)32(10-8-16-53-46(48)49)55-37(63)23-50-17-18-52-38(64)24-70-25-47/h12-15,22,26-28,32-35,39-40,50,61H,6-11,16-21,23-25H2,1-5H3,(H,51,54)(H,52,64)(H,55,63)(H,56,67)(H,57,68)(H,58,65)(H,59,66)(H4,48,49,53)/t28?,32-,33-,34-,35-,39-,40-/m0/s1. The Hall–Kier alpha value is -6.30. The molecule has 1 aliphatic heterocycles. The Morgan fingerprint density at radius 3 is 2.16 bits per heavy atom. The molecule has 1 aromatic heterocycles. The number of guanidine groups is 1. The summed E-state index contributed by atoms with van der Waals surface area (Å²) in [4.78, 5) is 117. The molecule has 22 nitrogen and oxygen atoms in total. The van der Waals surface area contributed by atoms with Crippen molar-refractivity contribution in [2.75, 3.05) is 44.5 Å². The number of hydrogen-bond donors (Lipinski definition) is 12. The van der Waals surface area contributed by atoms with E-state index in [-0.39, 0.29) is 87.4 Å². The maximum Gasteiger partial charge on any atom is 0.246 e. The van der Waals surface area contributed by atoms with Gasteiger partial charge in [0.25, 0.3) is 0 Å². The van der Waals surface area contributed by atoms with Crippen LogP contribution in [0.5, 0.6) is 5.75 Å². The summed E-state index contributed by atoms with van der Waals surface area (Å²) in [6, 6.07) is -1.42. The lowest BCUT2D eigenvalue weighted by molar-refractivity contribution is -0.141. The zero-order valence-corrected chi connectivity index (χ0v) is 41.5. The van der Waals surface area contributed by atoms with Gasteiger partial charge in [0.15, 0.2) is 11.7 Å². The third kappa shape index (κ3) is 19.6. The molecule has 24 heteroatoms. The molecule has 2 heterocycles. The molecule has 0 spiro atoms. The van der Waals surface area contributed by atoms with Gasteiger partial charge in [-0.25, -0.2) is 9.37 Å². The lowest BCUT2D eigenvalue weighted by Gasteiger charge is -2.31. The fraction of sp³-hybridized carbons (Fsp3) is 0.609. The molecule has 70 heavy (non-hydrogen) atoms. The van der Waals surface area contributed by atoms with Crippen LogP contribution in [-0.4, -0.2) is 154 Å². The van der Waals surface area contributed by atoms with Crippen LogP contribution in [0.25, 0.3) is 0 Å². The molecule has 7 atom stereocenters. The molecule has 1 aliphatic rings. The number of carbonyl (C=O) groups excluding carboxylic acids is 8. The second kappa shape index (κ2) is 30.3. The van der Waals surface area contributed by atoms with Gasteiger partial charge in [-0.15, -0.1) is 11.8 Å². The highest BCUT2D eigenvalue weighted by molar-refractivity contribution is 7.99. The quantitative estimate of drug-likeness (QED) is 0.0261. The number of ketones is 1. The molecule has 7 amide bonds. The van der Waals surface area contributed by atoms with Gasteiger partial charge in [-0.05, 0) is 55.2 Å². The van der Waals surface area contributed by atoms with E-state index < -0.39 is 89.5 Å². The average Bonchev–Trinajstić information content (AvgIpc) is 4.05. The molecule has 0 bridgehead atoms. The third-order valence-electron chi connectivity index (χ3n) is 11.8. The number of phenols is 1. The fourth-order valence-electron chi connectivity index (χ4n) is 7.68. The number of aromatic amines is 1. The average molecular weight is 1000 g/mol. The Morgan fingerprint density at radius 1 is 0.857 bits per heavy atom. The highest BCUT2D eigenvalue weighted by atomic mass is 32.2. The topological polar surface area (TPSA) is 335 Å². The lowest BCUT2D eigenvalue weighted by Crippen LogP contribution is -2.61. The van der Waals surface area contributed by atoms with E-state index in [2.05, 4.69) is 52.5 Å². The maximum atomic E-state index is 14.5. The van der Waals surface area contributed by atoms with Crippen molar-refractivity contribution < 1.29 is 47.9 Å². The van der Waals surface area contributed by atoms with Crippen molar-refractivity contribution in [2.24, 2.45) is 17.6 Å². The highest BCUT2D eigenvalue weighted by Gasteiger charge is 2.39. The van der Waals surface area contributed by atoms with Crippen molar-refractivity contribution in [3.8, 4) is 5.75 Å². The van der Waals surface area contributed by atoms with Crippen LogP contribution >= 0.6 is 11.8 Å². The van der Waals surface area contributed by atoms with E-state index in [1.807, 2.05) is 6.92 Å². The van der Waals surface area contributed by atoms with Gasteiger partial charge in [-0.3, -0.25) is 43.8 Å². The Bertz CT molecular complexity index is 2050. The van der Waals surface area contributed by atoms with Crippen LogP contribution < -0.4 is 48.3 Å². The first kappa shape index (κ1) is 58.0. The predicted molar refractivity (Wildman–Crippen MR) is 262 cm³/mol. The number of alkyl halides is 1. The Labute approximate surface area is 412 Å². The normalized spacial score (nSPS) is 15.9. The second-order valence-electron chi connectivity index (χ2n) is 17.5. The number of nitrogens with zero attached hydrogens (tertiary/aromatic N) is 2. The van der Waals surface area contributed by atoms with Gasteiger partial charge < -0.3 is 63.3 Å². The van der Waals surface area contributed by atoms with Crippen molar-refractivity contribution in [3.05, 3.63) is 48.0 Å². The molecular weight excluding hydrogens is 930 g/mol. The number of amides is 7. The molecular formula is C46H72FN13O9S. The number of nitrogens with two attached hydrogens (primary N) is 1. The lowest BCUT2D eigenvalue weighted by atomic mass is 9.96. The van der Waals surface area contributed by atoms with E-state index in [0.29, 0.717) is 37.1 Å². The molecule has 3 rings (SSSR count). The highest BCUT2D eigenvalue weighted by Crippen LogP contribution is 2.22. The molecule has 0 saturated carbocycles. The number of nitrogens with one attached hydrogen (secondary N) is 10. The summed E-state index contributed by atoms with van der Waals surface area (Å²) in [5, 5.41) is 39.3. The Morgan fingerprint density at radius 2 is 1.53 bits per heavy atom. The molecule has 1 aromatic carbocycles. The van der Waals surface area contributed by atoms with Crippen molar-refractivity contribution >= 4 is 64.9 Å². The summed E-state index contributed by atoms with van der Waals surface area (Å²) in [5.41, 5.74) is 6.51. The number of likely N-dealkylation sites (tertiary alicyclic amines) is 1. The van der Waals surface area contributed by atoms with E-state index in [9.17, 15) is 47.9 Å². The van der Waals surface area contributed by atoms with Crippen LogP contribution in [0, 0.1) is 17.2 Å². The first-order valence-corrected chi connectivity index (χ1v) is 24.8. The zero-order chi connectivity index (χ0) is 51.8. The molecule has 0 radical (unpaired) electrons. The summed E-state index contributed by atoms with van der Waals surface area (Å²) in [6.07, 6.45) is 5.04. The summed E-state index contributed by atoms with van der Waals surface area (Å²) >= 11 is 0.820. The molecule has 0 aliphatic carbocycles. The number of phenolic OH excluding ortho intramolecular Hbond substituents is 1. The van der Waals surface area contributed by atoms with Crippen molar-refractivity contribution in [2.45, 2.75) is 122 Å². The third-order valence-corrected chi connectivity index (χ3v) is 12.4. The summed E-state index contributed by atoms with van der Waals surface area (Å²) in [7, 11) is 0. The van der Waals surface area contributed by atoms with Gasteiger partial charge >= 0.3 is 0 Å². The molecule has 1 unspecified atom stereocenters. The smallest absolute Gasteiger partial charge is 0.246 e. The van der Waals surface area contributed by atoms with Crippen molar-refractivity contribution in [3.63, 3.8) is 0 Å². The predicted octanol–water partition coefficient (Wildman–Crippen LogP) is -0.374. The monoisotopic (exact) mass is 1000 g/mol. The second-order valence-corrected chi connectivity index (χ2v) is 18.4. The number of aromatic hydroxyl groups is 1. The summed E-state index contributed by atoms with van der Waals surface area (Å²) < 4.78 is 12.3. The van der Waals surface area contributed by atoms with E-state index in [1.54, 1.807) is 39.8 Å². The van der Waals surface area contributed by atoms with Crippen molar-refractivity contribution in [1.82, 2.24) is 57.4 Å². The van der Waals surface area contributed by atoms with Gasteiger partial charge in [-0.1, -0.05) is 53.2 Å². The number of benzene rings is 1. The summed E-state index contributed by atoms with van der Waals surface area (Å²) in [6.45, 7) is 9.34. The Balaban J connectivity index is 1.84. The number of Topliss-reactive ketones (excluding diaryl/α,β-unsaturated/α-hetero) is 1. The maximum absolute atomic E-state index is 14.5. The number of thioether (sulfide) groups is 1. The van der Waals surface area contributed by atoms with Gasteiger partial charge in [0, 0.05) is 57.3 Å². The Kier molecular flexibility index (Phi) is 25.1. The number of carbonyl (C=O) groups is 8. The minimum atomic E-state index is -1.34. The van der Waals surface area contributed by atoms with Gasteiger partial charge in [-0.2, -0.15) is 0 Å². The number of halogens is 1. The molecule has 1 saturated heterocycles. The molecule has 1 fully saturated rings. The van der Waals surface area contributed by atoms with E-state index in [4.69, 9.17) is 11.1 Å². The number of rotatable bonds is 31. The first-order chi connectivity index (χ1) is 33.4. The zero-order valence-electron chi connectivity index (χ0n) is 40.7. The van der Waals surface area contributed by atoms with Crippen LogP contribution in [0.3, 0.4) is 0 Å². The van der Waals surface area contributed by atoms with E-state index >= 15 is 0 Å². The van der Waals surface area contributed by atoms with Crippen LogP contribution in [0.1, 0.15) is 84.4 Å². The fourth-order valence-corrected chi connectivity index (χ4v) is 8.04. The number of imidazole rings is 1. The number of aromatic nitrogens is 2. The van der Waals surface area contributed by atoms with Crippen LogP contribution in [-0.2, 0) is 51.2 Å². The van der Waals surface area contributed by atoms with Crippen LogP contribution in [0.15, 0.2) is 36.8 Å². The minimum Gasteiger partial charge on any atom is -0.508 e. The summed E-state index contributed by atoms with van der Waals surface area (Å²) in [5.74, 6) is -5.76. The minimum absolute atomic E-state index is 0.0263. The van der Waals surface area contributed by atoms with E-state index in [1.165, 1.54) is 29.6 Å². The molecule has 2 aromatic rings. The van der Waals surface area contributed by atoms with E-state index in [0.717, 1.165) is 11.8 Å². The SMILES string of the molecule is CCC(=O)[C@@H]1CCCN1C(=O)[C@H](Cc1cnc[nH]1)NC(=O)[C@@H](NC(=O)[C@H](Cc1ccc(O)cc1)NC(=O)[C@@H](NC(=O)[C@H](CCCNC(=N)N)NC(=O)CNCCNC(=O)CSCF)C(C)C)C(C)CC. The number of hydrogen-bond acceptors (Lipinski definition) is 13. The molecule has 388 valence electrons. The van der Waals surface area contributed by atoms with Gasteiger partial charge in [0.1, 0.15) is 42.0 Å².